The van der Waals surface area contributed by atoms with Crippen molar-refractivity contribution in [2.45, 2.75) is 65.3 Å². The molecule has 2 rings (SSSR count). The van der Waals surface area contributed by atoms with E-state index in [9.17, 15) is 9.59 Å². The van der Waals surface area contributed by atoms with Gasteiger partial charge in [0, 0.05) is 6.54 Å². The van der Waals surface area contributed by atoms with Gasteiger partial charge < -0.3 is 0 Å². The minimum Gasteiger partial charge on any atom is -0.297 e. The molecule has 0 atom stereocenters. The molecule has 5 heteroatoms. The Morgan fingerprint density at radius 1 is 1.25 bits per heavy atom. The second kappa shape index (κ2) is 6.17. The molecular weight excluding hydrogens is 276 g/mol. The molecule has 1 N–H and O–H groups in total. The first-order valence-electron chi connectivity index (χ1n) is 7.54. The summed E-state index contributed by atoms with van der Waals surface area (Å²) < 4.78 is 1.37. The standard InChI is InChI=1S/C15H23ClN2O2/c1-3-7-11-12(16)17-14(20)18(13(11)19)10-15(4-2)8-5-6-9-15/h3-10H2,1-2H3,(H,17,20). The van der Waals surface area contributed by atoms with Gasteiger partial charge in [0.05, 0.1) is 5.56 Å². The van der Waals surface area contributed by atoms with E-state index in [-0.39, 0.29) is 21.8 Å². The highest BCUT2D eigenvalue weighted by Crippen LogP contribution is 2.41. The maximum absolute atomic E-state index is 12.5. The third-order valence-corrected chi connectivity index (χ3v) is 4.96. The molecule has 1 saturated carbocycles. The molecule has 0 amide bonds. The molecule has 112 valence electrons. The molecule has 1 fully saturated rings. The van der Waals surface area contributed by atoms with E-state index in [0.29, 0.717) is 18.5 Å². The van der Waals surface area contributed by atoms with Gasteiger partial charge in [0.15, 0.2) is 0 Å². The van der Waals surface area contributed by atoms with Crippen LogP contribution in [-0.2, 0) is 13.0 Å². The monoisotopic (exact) mass is 298 g/mol. The van der Waals surface area contributed by atoms with E-state index in [1.807, 2.05) is 6.92 Å². The molecular formula is C15H23ClN2O2. The van der Waals surface area contributed by atoms with Crippen LogP contribution in [0.4, 0.5) is 0 Å². The van der Waals surface area contributed by atoms with Crippen LogP contribution in [0.2, 0.25) is 5.15 Å². The highest BCUT2D eigenvalue weighted by Gasteiger charge is 2.33. The Labute approximate surface area is 124 Å². The van der Waals surface area contributed by atoms with Gasteiger partial charge in [-0.3, -0.25) is 14.3 Å². The molecule has 20 heavy (non-hydrogen) atoms. The van der Waals surface area contributed by atoms with Crippen molar-refractivity contribution in [3.8, 4) is 0 Å². The van der Waals surface area contributed by atoms with E-state index >= 15 is 0 Å². The third kappa shape index (κ3) is 2.85. The van der Waals surface area contributed by atoms with Gasteiger partial charge >= 0.3 is 5.69 Å². The van der Waals surface area contributed by atoms with Gasteiger partial charge in [-0.05, 0) is 31.1 Å². The molecule has 1 aromatic heterocycles. The molecule has 0 saturated heterocycles. The fraction of sp³-hybridized carbons (Fsp3) is 0.733. The van der Waals surface area contributed by atoms with Crippen LogP contribution in [-0.4, -0.2) is 9.55 Å². The van der Waals surface area contributed by atoms with Gasteiger partial charge in [0.1, 0.15) is 5.15 Å². The lowest BCUT2D eigenvalue weighted by Crippen LogP contribution is -2.41. The number of H-pyrrole nitrogens is 1. The first-order valence-corrected chi connectivity index (χ1v) is 7.92. The first-order chi connectivity index (χ1) is 9.53. The minimum atomic E-state index is -0.375. The number of nitrogens with one attached hydrogen (secondary N) is 1. The third-order valence-electron chi connectivity index (χ3n) is 4.64. The van der Waals surface area contributed by atoms with Crippen LogP contribution in [0.25, 0.3) is 0 Å². The van der Waals surface area contributed by atoms with Crippen LogP contribution >= 0.6 is 11.6 Å². The van der Waals surface area contributed by atoms with E-state index in [4.69, 9.17) is 11.6 Å². The summed E-state index contributed by atoms with van der Waals surface area (Å²) in [7, 11) is 0. The summed E-state index contributed by atoms with van der Waals surface area (Å²) in [5.74, 6) is 0. The van der Waals surface area contributed by atoms with Crippen LogP contribution in [0.5, 0.6) is 0 Å². The lowest BCUT2D eigenvalue weighted by molar-refractivity contribution is 0.229. The number of rotatable bonds is 5. The molecule has 4 nitrogen and oxygen atoms in total. The number of halogens is 1. The lowest BCUT2D eigenvalue weighted by atomic mass is 9.83. The zero-order valence-corrected chi connectivity index (χ0v) is 13.1. The van der Waals surface area contributed by atoms with Gasteiger partial charge in [-0.25, -0.2) is 4.79 Å². The summed E-state index contributed by atoms with van der Waals surface area (Å²) in [4.78, 5) is 27.2. The van der Waals surface area contributed by atoms with Gasteiger partial charge in [-0.1, -0.05) is 44.7 Å². The second-order valence-corrected chi connectivity index (χ2v) is 6.30. The highest BCUT2D eigenvalue weighted by molar-refractivity contribution is 6.30. The zero-order chi connectivity index (χ0) is 14.8. The zero-order valence-electron chi connectivity index (χ0n) is 12.3. The average molecular weight is 299 g/mol. The molecule has 0 bridgehead atoms. The molecule has 1 heterocycles. The number of nitrogens with zero attached hydrogens (tertiary/aromatic N) is 1. The van der Waals surface area contributed by atoms with Gasteiger partial charge in [0.25, 0.3) is 5.56 Å². The smallest absolute Gasteiger partial charge is 0.297 e. The molecule has 0 spiro atoms. The van der Waals surface area contributed by atoms with Crippen molar-refractivity contribution < 1.29 is 0 Å². The quantitative estimate of drug-likeness (QED) is 0.849. The summed E-state index contributed by atoms with van der Waals surface area (Å²) in [6.45, 7) is 4.66. The maximum Gasteiger partial charge on any atom is 0.329 e. The van der Waals surface area contributed by atoms with E-state index in [0.717, 1.165) is 25.7 Å². The maximum atomic E-state index is 12.5. The molecule has 0 aliphatic heterocycles. The van der Waals surface area contributed by atoms with Crippen molar-refractivity contribution in [1.29, 1.82) is 0 Å². The van der Waals surface area contributed by atoms with Crippen molar-refractivity contribution in [3.05, 3.63) is 31.6 Å². The van der Waals surface area contributed by atoms with Crippen LogP contribution in [0, 0.1) is 5.41 Å². The van der Waals surface area contributed by atoms with E-state index in [2.05, 4.69) is 11.9 Å². The number of hydrogen-bond donors (Lipinski definition) is 1. The minimum absolute atomic E-state index is 0.105. The Morgan fingerprint density at radius 3 is 2.45 bits per heavy atom. The molecule has 0 unspecified atom stereocenters. The van der Waals surface area contributed by atoms with Gasteiger partial charge in [0.2, 0.25) is 0 Å². The van der Waals surface area contributed by atoms with Crippen molar-refractivity contribution >= 4 is 11.6 Å². The molecule has 1 aliphatic rings. The Kier molecular flexibility index (Phi) is 4.74. The Balaban J connectivity index is 2.44. The predicted octanol–water partition coefficient (Wildman–Crippen LogP) is 3.11. The van der Waals surface area contributed by atoms with Crippen LogP contribution in [0.3, 0.4) is 0 Å². The van der Waals surface area contributed by atoms with Crippen LogP contribution in [0.1, 0.15) is 57.9 Å². The summed E-state index contributed by atoms with van der Waals surface area (Å²) >= 11 is 6.00. The van der Waals surface area contributed by atoms with Crippen LogP contribution < -0.4 is 11.2 Å². The summed E-state index contributed by atoms with van der Waals surface area (Å²) in [5, 5.41) is 0.204. The molecule has 1 aliphatic carbocycles. The number of aromatic nitrogens is 2. The number of hydrogen-bond acceptors (Lipinski definition) is 2. The fourth-order valence-electron chi connectivity index (χ4n) is 3.28. The summed E-state index contributed by atoms with van der Waals surface area (Å²) in [6, 6.07) is 0. The SMILES string of the molecule is CCCc1c(Cl)[nH]c(=O)n(CC2(CC)CCCC2)c1=O. The Morgan fingerprint density at radius 2 is 1.90 bits per heavy atom. The fourth-order valence-corrected chi connectivity index (χ4v) is 3.54. The highest BCUT2D eigenvalue weighted by atomic mass is 35.5. The van der Waals surface area contributed by atoms with Crippen molar-refractivity contribution in [2.75, 3.05) is 0 Å². The molecule has 0 aromatic carbocycles. The molecule has 0 radical (unpaired) electrons. The predicted molar refractivity (Wildman–Crippen MR) is 81.5 cm³/mol. The van der Waals surface area contributed by atoms with Gasteiger partial charge in [-0.15, -0.1) is 0 Å². The van der Waals surface area contributed by atoms with Gasteiger partial charge in [-0.2, -0.15) is 0 Å². The van der Waals surface area contributed by atoms with E-state index in [1.54, 1.807) is 0 Å². The Bertz CT molecular complexity index is 583. The normalized spacial score (nSPS) is 17.6. The lowest BCUT2D eigenvalue weighted by Gasteiger charge is -2.28. The van der Waals surface area contributed by atoms with E-state index in [1.165, 1.54) is 17.4 Å². The van der Waals surface area contributed by atoms with Crippen molar-refractivity contribution in [1.82, 2.24) is 9.55 Å². The second-order valence-electron chi connectivity index (χ2n) is 5.92. The summed E-state index contributed by atoms with van der Waals surface area (Å²) in [6.07, 6.45) is 7.02. The van der Waals surface area contributed by atoms with Crippen molar-refractivity contribution in [3.63, 3.8) is 0 Å². The number of aromatic amines is 1. The van der Waals surface area contributed by atoms with E-state index < -0.39 is 0 Å². The van der Waals surface area contributed by atoms with Crippen molar-refractivity contribution in [2.24, 2.45) is 5.41 Å². The average Bonchev–Trinajstić information content (AvgIpc) is 2.89. The Hall–Kier alpha value is -1.03. The molecule has 1 aromatic rings. The first kappa shape index (κ1) is 15.4. The topological polar surface area (TPSA) is 54.9 Å². The van der Waals surface area contributed by atoms with Crippen LogP contribution in [0.15, 0.2) is 9.59 Å². The summed E-state index contributed by atoms with van der Waals surface area (Å²) in [5.41, 5.74) is 0.0617. The largest absolute Gasteiger partial charge is 0.329 e.